The van der Waals surface area contributed by atoms with Crippen LogP contribution in [0.4, 0.5) is 0 Å². The number of ether oxygens (including phenoxy) is 1. The van der Waals surface area contributed by atoms with Crippen molar-refractivity contribution in [2.45, 2.75) is 19.4 Å². The Labute approximate surface area is 188 Å². The molecule has 0 saturated carbocycles. The minimum Gasteiger partial charge on any atom is -0.497 e. The molecule has 0 N–H and O–H groups in total. The topological polar surface area (TPSA) is 62.7 Å². The minimum atomic E-state index is -0.569. The van der Waals surface area contributed by atoms with Crippen molar-refractivity contribution in [2.75, 3.05) is 26.7 Å². The van der Waals surface area contributed by atoms with Crippen molar-refractivity contribution in [3.63, 3.8) is 0 Å². The number of hydrogen-bond acceptors (Lipinski definition) is 4. The first-order chi connectivity index (χ1) is 15.6. The maximum atomic E-state index is 13.5. The molecular formula is C26H27N3O3. The predicted octanol–water partition coefficient (Wildman–Crippen LogP) is 3.67. The van der Waals surface area contributed by atoms with Gasteiger partial charge >= 0.3 is 0 Å². The van der Waals surface area contributed by atoms with Crippen LogP contribution in [-0.4, -0.2) is 59.4 Å². The van der Waals surface area contributed by atoms with E-state index in [0.717, 1.165) is 16.7 Å². The Morgan fingerprint density at radius 2 is 1.94 bits per heavy atom. The molecule has 1 saturated heterocycles. The van der Waals surface area contributed by atoms with E-state index in [1.165, 1.54) is 0 Å². The Kier molecular flexibility index (Phi) is 6.50. The number of methoxy groups -OCH3 is 1. The summed E-state index contributed by atoms with van der Waals surface area (Å²) in [6, 6.07) is 18.4. The summed E-state index contributed by atoms with van der Waals surface area (Å²) in [7, 11) is 1.57. The van der Waals surface area contributed by atoms with Crippen LogP contribution >= 0.6 is 0 Å². The number of likely N-dealkylation sites (N-methyl/N-ethyl adjacent to an activating group) is 1. The van der Waals surface area contributed by atoms with E-state index in [1.54, 1.807) is 42.5 Å². The van der Waals surface area contributed by atoms with Crippen molar-refractivity contribution in [2.24, 2.45) is 0 Å². The van der Waals surface area contributed by atoms with Gasteiger partial charge in [0.1, 0.15) is 11.8 Å². The first-order valence-corrected chi connectivity index (χ1v) is 10.8. The number of amides is 2. The summed E-state index contributed by atoms with van der Waals surface area (Å²) in [4.78, 5) is 34.6. The van der Waals surface area contributed by atoms with Gasteiger partial charge in [0.15, 0.2) is 0 Å². The lowest BCUT2D eigenvalue weighted by Gasteiger charge is -2.40. The van der Waals surface area contributed by atoms with Crippen LogP contribution in [0, 0.1) is 0 Å². The molecule has 2 aromatic carbocycles. The van der Waals surface area contributed by atoms with Gasteiger partial charge in [0, 0.05) is 49.6 Å². The highest BCUT2D eigenvalue weighted by Crippen LogP contribution is 2.27. The second-order valence-corrected chi connectivity index (χ2v) is 7.77. The van der Waals surface area contributed by atoms with Gasteiger partial charge in [-0.2, -0.15) is 0 Å². The molecule has 0 spiro atoms. The van der Waals surface area contributed by atoms with Crippen molar-refractivity contribution in [3.8, 4) is 16.9 Å². The van der Waals surface area contributed by atoms with Crippen LogP contribution in [0.5, 0.6) is 5.75 Å². The molecule has 1 aliphatic heterocycles. The van der Waals surface area contributed by atoms with Gasteiger partial charge in [0.25, 0.3) is 5.91 Å². The highest BCUT2D eigenvalue weighted by atomic mass is 16.5. The maximum Gasteiger partial charge on any atom is 0.254 e. The summed E-state index contributed by atoms with van der Waals surface area (Å²) in [5.74, 6) is 0.445. The fourth-order valence-electron chi connectivity index (χ4n) is 4.23. The number of hydrogen-bond donors (Lipinski definition) is 0. The van der Waals surface area contributed by atoms with Crippen LogP contribution in [0.2, 0.25) is 0 Å². The molecule has 1 fully saturated rings. The lowest BCUT2D eigenvalue weighted by Crippen LogP contribution is -2.59. The summed E-state index contributed by atoms with van der Waals surface area (Å²) in [5.41, 5.74) is 3.55. The summed E-state index contributed by atoms with van der Waals surface area (Å²) in [5, 5.41) is 0. The smallest absolute Gasteiger partial charge is 0.254 e. The molecule has 32 heavy (non-hydrogen) atoms. The van der Waals surface area contributed by atoms with Crippen molar-refractivity contribution in [3.05, 3.63) is 84.2 Å². The highest BCUT2D eigenvalue weighted by molar-refractivity contribution is 5.98. The average Bonchev–Trinajstić information content (AvgIpc) is 2.85. The van der Waals surface area contributed by atoms with Crippen molar-refractivity contribution < 1.29 is 14.3 Å². The number of rotatable bonds is 6. The fraction of sp³-hybridized carbons (Fsp3) is 0.269. The van der Waals surface area contributed by atoms with Crippen LogP contribution in [0.25, 0.3) is 11.1 Å². The van der Waals surface area contributed by atoms with Gasteiger partial charge in [-0.15, -0.1) is 0 Å². The zero-order valence-corrected chi connectivity index (χ0v) is 18.4. The second-order valence-electron chi connectivity index (χ2n) is 7.77. The van der Waals surface area contributed by atoms with Crippen LogP contribution < -0.4 is 4.74 Å². The molecule has 1 aromatic heterocycles. The zero-order chi connectivity index (χ0) is 22.5. The normalized spacial score (nSPS) is 16.2. The summed E-state index contributed by atoms with van der Waals surface area (Å²) < 4.78 is 5.28. The molecule has 164 valence electrons. The molecule has 0 radical (unpaired) electrons. The largest absolute Gasteiger partial charge is 0.497 e. The molecule has 0 aliphatic carbocycles. The Bertz CT molecular complexity index is 1100. The van der Waals surface area contributed by atoms with Gasteiger partial charge in [-0.25, -0.2) is 0 Å². The number of nitrogens with zero attached hydrogens (tertiary/aromatic N) is 3. The van der Waals surface area contributed by atoms with Crippen LogP contribution in [0.3, 0.4) is 0 Å². The van der Waals surface area contributed by atoms with Gasteiger partial charge in [-0.05, 0) is 42.3 Å². The van der Waals surface area contributed by atoms with Crippen LogP contribution in [-0.2, 0) is 11.2 Å². The first-order valence-electron chi connectivity index (χ1n) is 10.8. The quantitative estimate of drug-likeness (QED) is 0.600. The van der Waals surface area contributed by atoms with Crippen LogP contribution in [0.15, 0.2) is 73.1 Å². The van der Waals surface area contributed by atoms with Crippen molar-refractivity contribution in [1.82, 2.24) is 14.8 Å². The standard InChI is InChI=1S/C26H27N3O3/c1-3-28-14-15-29(25(30)20-9-6-11-22(16-20)32-2)24(26(28)31)17-19-8-4-5-12-23(19)21-10-7-13-27-18-21/h4-13,16,18,24H,3,14-15,17H2,1-2H3/t24-/m1/s1. The summed E-state index contributed by atoms with van der Waals surface area (Å²) in [6.45, 7) is 3.63. The monoisotopic (exact) mass is 429 g/mol. The molecule has 3 aromatic rings. The molecule has 2 heterocycles. The number of aromatic nitrogens is 1. The second kappa shape index (κ2) is 9.64. The van der Waals surface area contributed by atoms with E-state index in [0.29, 0.717) is 37.4 Å². The summed E-state index contributed by atoms with van der Waals surface area (Å²) >= 11 is 0. The van der Waals surface area contributed by atoms with E-state index >= 15 is 0 Å². The molecule has 6 nitrogen and oxygen atoms in total. The van der Waals surface area contributed by atoms with Gasteiger partial charge < -0.3 is 14.5 Å². The van der Waals surface area contributed by atoms with E-state index in [4.69, 9.17) is 4.74 Å². The molecule has 2 amide bonds. The zero-order valence-electron chi connectivity index (χ0n) is 18.4. The van der Waals surface area contributed by atoms with Gasteiger partial charge in [0.2, 0.25) is 5.91 Å². The van der Waals surface area contributed by atoms with E-state index in [1.807, 2.05) is 54.4 Å². The third-order valence-electron chi connectivity index (χ3n) is 5.95. The van der Waals surface area contributed by atoms with E-state index in [-0.39, 0.29) is 11.8 Å². The molecule has 0 bridgehead atoms. The molecular weight excluding hydrogens is 402 g/mol. The number of pyridine rings is 1. The molecule has 1 aliphatic rings. The number of benzene rings is 2. The SMILES string of the molecule is CCN1CCN(C(=O)c2cccc(OC)c2)[C@H](Cc2ccccc2-c2cccnc2)C1=O. The molecule has 6 heteroatoms. The van der Waals surface area contributed by atoms with E-state index < -0.39 is 6.04 Å². The molecule has 4 rings (SSSR count). The van der Waals surface area contributed by atoms with Gasteiger partial charge in [-0.3, -0.25) is 14.6 Å². The third kappa shape index (κ3) is 4.35. The van der Waals surface area contributed by atoms with Crippen molar-refractivity contribution in [1.29, 1.82) is 0 Å². The predicted molar refractivity (Wildman–Crippen MR) is 123 cm³/mol. The lowest BCUT2D eigenvalue weighted by atomic mass is 9.93. The highest BCUT2D eigenvalue weighted by Gasteiger charge is 2.37. The molecule has 1 atom stereocenters. The van der Waals surface area contributed by atoms with E-state index in [2.05, 4.69) is 4.98 Å². The first kappa shape index (κ1) is 21.6. The summed E-state index contributed by atoms with van der Waals surface area (Å²) in [6.07, 6.45) is 4.00. The Balaban J connectivity index is 1.69. The van der Waals surface area contributed by atoms with E-state index in [9.17, 15) is 9.59 Å². The van der Waals surface area contributed by atoms with Crippen LogP contribution in [0.1, 0.15) is 22.8 Å². The fourth-order valence-corrected chi connectivity index (χ4v) is 4.23. The lowest BCUT2D eigenvalue weighted by molar-refractivity contribution is -0.139. The van der Waals surface area contributed by atoms with Gasteiger partial charge in [0.05, 0.1) is 7.11 Å². The maximum absolute atomic E-state index is 13.5. The number of piperazine rings is 1. The number of carbonyl (C=O) groups excluding carboxylic acids is 2. The Morgan fingerprint density at radius 3 is 2.69 bits per heavy atom. The number of carbonyl (C=O) groups is 2. The Morgan fingerprint density at radius 1 is 1.09 bits per heavy atom. The third-order valence-corrected chi connectivity index (χ3v) is 5.95. The Hall–Kier alpha value is -3.67. The minimum absolute atomic E-state index is 0.0176. The van der Waals surface area contributed by atoms with Crippen molar-refractivity contribution >= 4 is 11.8 Å². The van der Waals surface area contributed by atoms with Gasteiger partial charge in [-0.1, -0.05) is 36.4 Å². The average molecular weight is 430 g/mol. The molecule has 0 unspecified atom stereocenters.